The van der Waals surface area contributed by atoms with Crippen LogP contribution in [0, 0.1) is 11.8 Å². The predicted molar refractivity (Wildman–Crippen MR) is 62.7 cm³/mol. The van der Waals surface area contributed by atoms with E-state index in [1.807, 2.05) is 0 Å². The maximum atomic E-state index is 11.5. The SMILES string of the molecule is CCC(C)CNC(CC(C)C)C(=O)OC. The molecule has 0 aliphatic heterocycles. The van der Waals surface area contributed by atoms with Crippen molar-refractivity contribution in [3.05, 3.63) is 0 Å². The minimum Gasteiger partial charge on any atom is -0.468 e. The zero-order chi connectivity index (χ0) is 11.8. The quantitative estimate of drug-likeness (QED) is 0.662. The van der Waals surface area contributed by atoms with E-state index in [4.69, 9.17) is 4.74 Å². The van der Waals surface area contributed by atoms with Gasteiger partial charge in [-0.2, -0.15) is 0 Å². The highest BCUT2D eigenvalue weighted by Gasteiger charge is 2.19. The van der Waals surface area contributed by atoms with Gasteiger partial charge in [-0.05, 0) is 24.8 Å². The van der Waals surface area contributed by atoms with E-state index in [1.54, 1.807) is 0 Å². The first-order valence-electron chi connectivity index (χ1n) is 5.82. The summed E-state index contributed by atoms with van der Waals surface area (Å²) in [5.74, 6) is 0.954. The van der Waals surface area contributed by atoms with Crippen molar-refractivity contribution in [2.45, 2.75) is 46.6 Å². The van der Waals surface area contributed by atoms with Crippen LogP contribution in [-0.2, 0) is 9.53 Å². The van der Waals surface area contributed by atoms with Crippen molar-refractivity contribution < 1.29 is 9.53 Å². The Morgan fingerprint density at radius 1 is 1.33 bits per heavy atom. The molecule has 0 bridgehead atoms. The molecule has 0 spiro atoms. The van der Waals surface area contributed by atoms with Crippen LogP contribution in [0.4, 0.5) is 0 Å². The average molecular weight is 215 g/mol. The molecule has 0 aromatic heterocycles. The van der Waals surface area contributed by atoms with E-state index in [0.29, 0.717) is 11.8 Å². The van der Waals surface area contributed by atoms with Crippen LogP contribution in [0.2, 0.25) is 0 Å². The van der Waals surface area contributed by atoms with Gasteiger partial charge in [0.25, 0.3) is 0 Å². The second-order valence-corrected chi connectivity index (χ2v) is 4.63. The summed E-state index contributed by atoms with van der Waals surface area (Å²) >= 11 is 0. The molecule has 0 aromatic carbocycles. The summed E-state index contributed by atoms with van der Waals surface area (Å²) in [4.78, 5) is 11.5. The van der Waals surface area contributed by atoms with Gasteiger partial charge in [0.15, 0.2) is 0 Å². The van der Waals surface area contributed by atoms with E-state index < -0.39 is 0 Å². The van der Waals surface area contributed by atoms with Crippen molar-refractivity contribution in [1.29, 1.82) is 0 Å². The Bertz CT molecular complexity index is 180. The van der Waals surface area contributed by atoms with Gasteiger partial charge in [0.1, 0.15) is 6.04 Å². The van der Waals surface area contributed by atoms with Crippen LogP contribution < -0.4 is 5.32 Å². The molecule has 0 aliphatic carbocycles. The summed E-state index contributed by atoms with van der Waals surface area (Å²) < 4.78 is 4.78. The first kappa shape index (κ1) is 14.4. The number of rotatable bonds is 7. The van der Waals surface area contributed by atoms with E-state index in [1.165, 1.54) is 7.11 Å². The maximum Gasteiger partial charge on any atom is 0.322 e. The fraction of sp³-hybridized carbons (Fsp3) is 0.917. The zero-order valence-electron chi connectivity index (χ0n) is 10.7. The molecule has 0 saturated heterocycles. The minimum atomic E-state index is -0.149. The third kappa shape index (κ3) is 6.50. The van der Waals surface area contributed by atoms with Gasteiger partial charge in [0.2, 0.25) is 0 Å². The number of nitrogens with one attached hydrogen (secondary N) is 1. The summed E-state index contributed by atoms with van der Waals surface area (Å²) in [7, 11) is 1.45. The lowest BCUT2D eigenvalue weighted by atomic mass is 10.0. The van der Waals surface area contributed by atoms with E-state index in [9.17, 15) is 4.79 Å². The number of hydrogen-bond acceptors (Lipinski definition) is 3. The van der Waals surface area contributed by atoms with Crippen molar-refractivity contribution >= 4 is 5.97 Å². The van der Waals surface area contributed by atoms with Crippen molar-refractivity contribution in [2.75, 3.05) is 13.7 Å². The van der Waals surface area contributed by atoms with E-state index in [2.05, 4.69) is 33.0 Å². The van der Waals surface area contributed by atoms with Gasteiger partial charge in [-0.1, -0.05) is 34.1 Å². The van der Waals surface area contributed by atoms with E-state index in [0.717, 1.165) is 19.4 Å². The molecule has 0 rings (SSSR count). The van der Waals surface area contributed by atoms with Crippen molar-refractivity contribution in [3.8, 4) is 0 Å². The van der Waals surface area contributed by atoms with Gasteiger partial charge >= 0.3 is 5.97 Å². The van der Waals surface area contributed by atoms with Crippen LogP contribution in [-0.4, -0.2) is 25.7 Å². The van der Waals surface area contributed by atoms with E-state index >= 15 is 0 Å². The van der Waals surface area contributed by atoms with Gasteiger partial charge in [0.05, 0.1) is 7.11 Å². The molecule has 0 heterocycles. The third-order valence-electron chi connectivity index (χ3n) is 2.60. The fourth-order valence-electron chi connectivity index (χ4n) is 1.36. The van der Waals surface area contributed by atoms with Crippen molar-refractivity contribution in [2.24, 2.45) is 11.8 Å². The smallest absolute Gasteiger partial charge is 0.322 e. The minimum absolute atomic E-state index is 0.146. The standard InChI is InChI=1S/C12H25NO2/c1-6-10(4)8-13-11(7-9(2)3)12(14)15-5/h9-11,13H,6-8H2,1-5H3. The third-order valence-corrected chi connectivity index (χ3v) is 2.60. The number of esters is 1. The van der Waals surface area contributed by atoms with Gasteiger partial charge in [-0.25, -0.2) is 0 Å². The Balaban J connectivity index is 4.07. The molecule has 2 atom stereocenters. The molecule has 1 N–H and O–H groups in total. The van der Waals surface area contributed by atoms with Crippen LogP contribution in [0.15, 0.2) is 0 Å². The Morgan fingerprint density at radius 2 is 1.93 bits per heavy atom. The molecule has 0 saturated carbocycles. The Hall–Kier alpha value is -0.570. The van der Waals surface area contributed by atoms with E-state index in [-0.39, 0.29) is 12.0 Å². The number of methoxy groups -OCH3 is 1. The second kappa shape index (κ2) is 7.69. The molecule has 0 aliphatic rings. The molecule has 3 nitrogen and oxygen atoms in total. The second-order valence-electron chi connectivity index (χ2n) is 4.63. The molecule has 0 amide bonds. The number of carbonyl (C=O) groups is 1. The van der Waals surface area contributed by atoms with Crippen LogP contribution in [0.3, 0.4) is 0 Å². The molecule has 90 valence electrons. The first-order valence-corrected chi connectivity index (χ1v) is 5.82. The first-order chi connectivity index (χ1) is 7.01. The molecule has 2 unspecified atom stereocenters. The summed E-state index contributed by atoms with van der Waals surface area (Å²) in [5, 5.41) is 3.28. The zero-order valence-corrected chi connectivity index (χ0v) is 10.7. The van der Waals surface area contributed by atoms with Gasteiger partial charge in [-0.3, -0.25) is 4.79 Å². The molecule has 3 heteroatoms. The van der Waals surface area contributed by atoms with Crippen molar-refractivity contribution in [1.82, 2.24) is 5.32 Å². The Morgan fingerprint density at radius 3 is 2.33 bits per heavy atom. The van der Waals surface area contributed by atoms with Crippen LogP contribution in [0.25, 0.3) is 0 Å². The Labute approximate surface area is 93.6 Å². The van der Waals surface area contributed by atoms with Crippen LogP contribution >= 0.6 is 0 Å². The molecular formula is C12H25NO2. The maximum absolute atomic E-state index is 11.5. The van der Waals surface area contributed by atoms with Crippen molar-refractivity contribution in [3.63, 3.8) is 0 Å². The van der Waals surface area contributed by atoms with Crippen LogP contribution in [0.1, 0.15) is 40.5 Å². The topological polar surface area (TPSA) is 38.3 Å². The summed E-state index contributed by atoms with van der Waals surface area (Å²) in [6, 6.07) is -0.149. The monoisotopic (exact) mass is 215 g/mol. The average Bonchev–Trinajstić information content (AvgIpc) is 2.21. The number of ether oxygens (including phenoxy) is 1. The molecule has 0 aromatic rings. The summed E-state index contributed by atoms with van der Waals surface area (Å²) in [6.45, 7) is 9.43. The highest BCUT2D eigenvalue weighted by atomic mass is 16.5. The largest absolute Gasteiger partial charge is 0.468 e. The molecule has 0 radical (unpaired) electrons. The fourth-order valence-corrected chi connectivity index (χ4v) is 1.36. The van der Waals surface area contributed by atoms with Gasteiger partial charge in [0, 0.05) is 0 Å². The van der Waals surface area contributed by atoms with Gasteiger partial charge < -0.3 is 10.1 Å². The predicted octanol–water partition coefficient (Wildman–Crippen LogP) is 2.21. The summed E-state index contributed by atoms with van der Waals surface area (Å²) in [5.41, 5.74) is 0. The normalized spacial score (nSPS) is 15.1. The highest BCUT2D eigenvalue weighted by Crippen LogP contribution is 2.07. The number of carbonyl (C=O) groups excluding carboxylic acids is 1. The van der Waals surface area contributed by atoms with Crippen LogP contribution in [0.5, 0.6) is 0 Å². The molecule has 0 fully saturated rings. The summed E-state index contributed by atoms with van der Waals surface area (Å²) in [6.07, 6.45) is 1.96. The lowest BCUT2D eigenvalue weighted by Gasteiger charge is -2.20. The number of hydrogen-bond donors (Lipinski definition) is 1. The molecular weight excluding hydrogens is 190 g/mol. The van der Waals surface area contributed by atoms with Gasteiger partial charge in [-0.15, -0.1) is 0 Å². The lowest BCUT2D eigenvalue weighted by Crippen LogP contribution is -2.40. The molecule has 15 heavy (non-hydrogen) atoms. The Kier molecular flexibility index (Phi) is 7.39. The highest BCUT2D eigenvalue weighted by molar-refractivity contribution is 5.75. The lowest BCUT2D eigenvalue weighted by molar-refractivity contribution is -0.143.